The molecule has 0 unspecified atom stereocenters. The van der Waals surface area contributed by atoms with Gasteiger partial charge in [-0.2, -0.15) is 0 Å². The van der Waals surface area contributed by atoms with Crippen LogP contribution >= 0.6 is 0 Å². The highest BCUT2D eigenvalue weighted by molar-refractivity contribution is 6.01. The third kappa shape index (κ3) is 5.48. The number of carbonyl (C=O) groups excluding carboxylic acids is 2. The molecule has 4 heteroatoms. The van der Waals surface area contributed by atoms with Crippen LogP contribution in [-0.2, 0) is 9.53 Å². The van der Waals surface area contributed by atoms with Crippen molar-refractivity contribution in [2.45, 2.75) is 20.0 Å². The van der Waals surface area contributed by atoms with Gasteiger partial charge in [-0.1, -0.05) is 71.8 Å². The molecule has 0 fully saturated rings. The van der Waals surface area contributed by atoms with E-state index in [1.54, 1.807) is 36.4 Å². The van der Waals surface area contributed by atoms with Gasteiger partial charge in [0.05, 0.1) is 0 Å². The monoisotopic (exact) mass is 388 g/mol. The van der Waals surface area contributed by atoms with Gasteiger partial charge in [0.2, 0.25) is 5.78 Å². The molecule has 0 N–H and O–H groups in total. The minimum Gasteiger partial charge on any atom is -0.446 e. The molecule has 3 rings (SSSR count). The van der Waals surface area contributed by atoms with E-state index in [0.29, 0.717) is 16.7 Å². The summed E-state index contributed by atoms with van der Waals surface area (Å²) in [6.45, 7) is 3.87. The molecule has 0 spiro atoms. The molecular weight excluding hydrogens is 367 g/mol. The van der Waals surface area contributed by atoms with Crippen molar-refractivity contribution in [1.82, 2.24) is 0 Å². The summed E-state index contributed by atoms with van der Waals surface area (Å²) in [5.74, 6) is -1.38. The number of esters is 1. The summed E-state index contributed by atoms with van der Waals surface area (Å²) in [5.41, 5.74) is 3.64. The predicted molar refractivity (Wildman–Crippen MR) is 111 cm³/mol. The maximum atomic E-state index is 13.3. The number of halogens is 1. The molecule has 0 radical (unpaired) electrons. The van der Waals surface area contributed by atoms with Gasteiger partial charge in [-0.3, -0.25) is 4.79 Å². The number of Topliss-reactive ketones (excluding diaryl/α,β-unsaturated/α-hetero) is 1. The molecule has 3 aromatic rings. The number of rotatable bonds is 6. The standard InChI is InChI=1S/C25H21FO3/c1-17-6-11-20(12-7-17)24(28)25(21-13-8-18(2)9-14-21)29-23(27)15-10-19-4-3-5-22(26)16-19/h3-16,25H,1-2H3/b15-10+/t25-/m0/s1. The topological polar surface area (TPSA) is 43.4 Å². The average Bonchev–Trinajstić information content (AvgIpc) is 2.71. The zero-order valence-corrected chi connectivity index (χ0v) is 16.3. The zero-order valence-electron chi connectivity index (χ0n) is 16.3. The van der Waals surface area contributed by atoms with Crippen molar-refractivity contribution >= 4 is 17.8 Å². The Kier molecular flexibility index (Phi) is 6.35. The van der Waals surface area contributed by atoms with Crippen LogP contribution in [-0.4, -0.2) is 11.8 Å². The second kappa shape index (κ2) is 9.11. The van der Waals surface area contributed by atoms with Gasteiger partial charge in [-0.15, -0.1) is 0 Å². The molecule has 0 aliphatic heterocycles. The van der Waals surface area contributed by atoms with Gasteiger partial charge in [0.15, 0.2) is 6.10 Å². The predicted octanol–water partition coefficient (Wildman–Crippen LogP) is 5.62. The van der Waals surface area contributed by atoms with Crippen molar-refractivity contribution in [2.75, 3.05) is 0 Å². The van der Waals surface area contributed by atoms with Crippen molar-refractivity contribution in [3.05, 3.63) is 113 Å². The lowest BCUT2D eigenvalue weighted by Gasteiger charge is -2.17. The Hall–Kier alpha value is -3.53. The largest absolute Gasteiger partial charge is 0.446 e. The van der Waals surface area contributed by atoms with Gasteiger partial charge < -0.3 is 4.74 Å². The first-order valence-corrected chi connectivity index (χ1v) is 9.24. The number of carbonyl (C=O) groups is 2. The van der Waals surface area contributed by atoms with E-state index >= 15 is 0 Å². The van der Waals surface area contributed by atoms with Crippen LogP contribution < -0.4 is 0 Å². The lowest BCUT2D eigenvalue weighted by molar-refractivity contribution is -0.141. The molecule has 0 heterocycles. The summed E-state index contributed by atoms with van der Waals surface area (Å²) in [6.07, 6.45) is 1.58. The minimum atomic E-state index is -1.07. The lowest BCUT2D eigenvalue weighted by Crippen LogP contribution is -2.19. The summed E-state index contributed by atoms with van der Waals surface area (Å²) in [5, 5.41) is 0. The van der Waals surface area contributed by atoms with Crippen molar-refractivity contribution < 1.29 is 18.7 Å². The van der Waals surface area contributed by atoms with Crippen molar-refractivity contribution in [2.24, 2.45) is 0 Å². The maximum absolute atomic E-state index is 13.3. The fourth-order valence-corrected chi connectivity index (χ4v) is 2.81. The Labute approximate surface area is 169 Å². The van der Waals surface area contributed by atoms with E-state index in [1.165, 1.54) is 24.3 Å². The maximum Gasteiger partial charge on any atom is 0.331 e. The third-order valence-corrected chi connectivity index (χ3v) is 4.45. The van der Waals surface area contributed by atoms with E-state index in [1.807, 2.05) is 38.1 Å². The SMILES string of the molecule is Cc1ccc(C(=O)[C@@H](OC(=O)/C=C/c2cccc(F)c2)c2ccc(C)cc2)cc1. The van der Waals surface area contributed by atoms with Crippen LogP contribution in [0.2, 0.25) is 0 Å². The highest BCUT2D eigenvalue weighted by Crippen LogP contribution is 2.24. The molecule has 1 atom stereocenters. The fraction of sp³-hybridized carbons (Fsp3) is 0.120. The van der Waals surface area contributed by atoms with Gasteiger partial charge in [0, 0.05) is 17.2 Å². The second-order valence-corrected chi connectivity index (χ2v) is 6.85. The summed E-state index contributed by atoms with van der Waals surface area (Å²) >= 11 is 0. The molecule has 0 amide bonds. The normalized spacial score (nSPS) is 12.0. The highest BCUT2D eigenvalue weighted by Gasteiger charge is 2.25. The summed E-state index contributed by atoms with van der Waals surface area (Å²) < 4.78 is 18.8. The van der Waals surface area contributed by atoms with E-state index in [0.717, 1.165) is 11.1 Å². The number of ketones is 1. The Morgan fingerprint density at radius 2 is 1.52 bits per heavy atom. The molecular formula is C25H21FO3. The first-order valence-electron chi connectivity index (χ1n) is 9.24. The average molecular weight is 388 g/mol. The number of hydrogen-bond donors (Lipinski definition) is 0. The van der Waals surface area contributed by atoms with E-state index in [-0.39, 0.29) is 5.78 Å². The Balaban J connectivity index is 1.84. The molecule has 0 aliphatic rings. The van der Waals surface area contributed by atoms with E-state index < -0.39 is 17.9 Å². The number of ether oxygens (including phenoxy) is 1. The van der Waals surface area contributed by atoms with Crippen molar-refractivity contribution in [1.29, 1.82) is 0 Å². The van der Waals surface area contributed by atoms with Crippen LogP contribution in [0.4, 0.5) is 4.39 Å². The number of aryl methyl sites for hydroxylation is 2. The first-order chi connectivity index (χ1) is 13.9. The zero-order chi connectivity index (χ0) is 20.8. The van der Waals surface area contributed by atoms with Crippen LogP contribution in [0, 0.1) is 19.7 Å². The molecule has 0 aliphatic carbocycles. The fourth-order valence-electron chi connectivity index (χ4n) is 2.81. The number of benzene rings is 3. The van der Waals surface area contributed by atoms with Crippen molar-refractivity contribution in [3.63, 3.8) is 0 Å². The lowest BCUT2D eigenvalue weighted by atomic mass is 9.98. The van der Waals surface area contributed by atoms with Gasteiger partial charge in [-0.25, -0.2) is 9.18 Å². The van der Waals surface area contributed by atoms with Crippen LogP contribution in [0.1, 0.15) is 38.7 Å². The van der Waals surface area contributed by atoms with Crippen LogP contribution in [0.15, 0.2) is 78.9 Å². The van der Waals surface area contributed by atoms with E-state index in [9.17, 15) is 14.0 Å². The molecule has 0 saturated heterocycles. The highest BCUT2D eigenvalue weighted by atomic mass is 19.1. The Morgan fingerprint density at radius 3 is 2.14 bits per heavy atom. The summed E-state index contributed by atoms with van der Waals surface area (Å²) in [6, 6.07) is 20.2. The van der Waals surface area contributed by atoms with Crippen LogP contribution in [0.5, 0.6) is 0 Å². The van der Waals surface area contributed by atoms with Crippen molar-refractivity contribution in [3.8, 4) is 0 Å². The number of hydrogen-bond acceptors (Lipinski definition) is 3. The summed E-state index contributed by atoms with van der Waals surface area (Å²) in [7, 11) is 0. The molecule has 0 bridgehead atoms. The smallest absolute Gasteiger partial charge is 0.331 e. The van der Waals surface area contributed by atoms with Crippen LogP contribution in [0.3, 0.4) is 0 Å². The molecule has 0 saturated carbocycles. The van der Waals surface area contributed by atoms with Gasteiger partial charge in [0.25, 0.3) is 0 Å². The minimum absolute atomic E-state index is 0.304. The van der Waals surface area contributed by atoms with Gasteiger partial charge in [0.1, 0.15) is 5.82 Å². The molecule has 0 aromatic heterocycles. The van der Waals surface area contributed by atoms with Crippen LogP contribution in [0.25, 0.3) is 6.08 Å². The molecule has 29 heavy (non-hydrogen) atoms. The molecule has 146 valence electrons. The van der Waals surface area contributed by atoms with Gasteiger partial charge in [-0.05, 0) is 37.6 Å². The van der Waals surface area contributed by atoms with E-state index in [2.05, 4.69) is 0 Å². The quantitative estimate of drug-likeness (QED) is 0.313. The second-order valence-electron chi connectivity index (χ2n) is 6.85. The van der Waals surface area contributed by atoms with Gasteiger partial charge >= 0.3 is 5.97 Å². The third-order valence-electron chi connectivity index (χ3n) is 4.45. The molecule has 3 nitrogen and oxygen atoms in total. The summed E-state index contributed by atoms with van der Waals surface area (Å²) in [4.78, 5) is 25.4. The van der Waals surface area contributed by atoms with E-state index in [4.69, 9.17) is 4.74 Å². The molecule has 3 aromatic carbocycles. The first kappa shape index (κ1) is 20.2. The Morgan fingerprint density at radius 1 is 0.897 bits per heavy atom. The Bertz CT molecular complexity index is 1030.